The summed E-state index contributed by atoms with van der Waals surface area (Å²) in [6, 6.07) is 0.253. The van der Waals surface area contributed by atoms with E-state index in [9.17, 15) is 0 Å². The van der Waals surface area contributed by atoms with Gasteiger partial charge < -0.3 is 17.0 Å². The van der Waals surface area contributed by atoms with Crippen LogP contribution in [0, 0.1) is 19.6 Å². The number of hydrogen-bond donors (Lipinski definition) is 1. The Morgan fingerprint density at radius 1 is 1.21 bits per heavy atom. The summed E-state index contributed by atoms with van der Waals surface area (Å²) in [6.07, 6.45) is 1.31. The number of nitrogens with one attached hydrogen (secondary N) is 1. The zero-order valence-corrected chi connectivity index (χ0v) is 15.5. The molecule has 2 nitrogen and oxygen atoms in total. The van der Waals surface area contributed by atoms with Crippen LogP contribution in [0.2, 0.25) is 0 Å². The molecule has 0 saturated heterocycles. The smallest absolute Gasteiger partial charge is 0.0182 e. The maximum atomic E-state index is 5.22. The van der Waals surface area contributed by atoms with Crippen LogP contribution in [0.5, 0.6) is 0 Å². The summed E-state index contributed by atoms with van der Waals surface area (Å²) in [6.45, 7) is 14.0. The van der Waals surface area contributed by atoms with Crippen molar-refractivity contribution >= 4 is 0 Å². The van der Waals surface area contributed by atoms with Crippen molar-refractivity contribution in [2.45, 2.75) is 46.3 Å². The zero-order valence-electron chi connectivity index (χ0n) is 9.79. The summed E-state index contributed by atoms with van der Waals surface area (Å²) in [5.41, 5.74) is 0. The standard InChI is InChI=1S/C10H21NO.2Y/c1-8(2)6-10(5)11-7-12-9(3)4;;/h7-11H,5-6H2,1-4H3;;/q-2;;. The summed E-state index contributed by atoms with van der Waals surface area (Å²) < 4.78 is 5.22. The third-order valence-electron chi connectivity index (χ3n) is 1.40. The summed E-state index contributed by atoms with van der Waals surface area (Å²) in [7, 11) is 0. The third kappa shape index (κ3) is 16.6. The first kappa shape index (κ1) is 21.4. The molecule has 0 aliphatic heterocycles. The van der Waals surface area contributed by atoms with Gasteiger partial charge in [0.25, 0.3) is 0 Å². The predicted molar refractivity (Wildman–Crippen MR) is 52.3 cm³/mol. The number of rotatable bonds is 6. The number of ether oxygens (including phenoxy) is 1. The molecule has 0 spiro atoms. The van der Waals surface area contributed by atoms with Crippen LogP contribution in [0.25, 0.3) is 0 Å². The first-order valence-corrected chi connectivity index (χ1v) is 4.58. The molecule has 0 saturated carbocycles. The zero-order chi connectivity index (χ0) is 9.56. The molecule has 2 radical (unpaired) electrons. The van der Waals surface area contributed by atoms with Gasteiger partial charge in [0.15, 0.2) is 0 Å². The van der Waals surface area contributed by atoms with Crippen molar-refractivity contribution < 1.29 is 70.2 Å². The van der Waals surface area contributed by atoms with E-state index in [1.807, 2.05) is 13.8 Å². The molecule has 4 heteroatoms. The van der Waals surface area contributed by atoms with Crippen molar-refractivity contribution in [1.29, 1.82) is 0 Å². The summed E-state index contributed by atoms with van der Waals surface area (Å²) in [5, 5.41) is 3.09. The SMILES string of the molecule is [CH2-]C(CC(C)C)N[CH-]OC(C)C.[Y].[Y]. The molecule has 0 aromatic rings. The van der Waals surface area contributed by atoms with E-state index in [0.29, 0.717) is 5.92 Å². The van der Waals surface area contributed by atoms with Crippen molar-refractivity contribution in [2.24, 2.45) is 5.92 Å². The molecule has 0 aliphatic carbocycles. The minimum Gasteiger partial charge on any atom is -0.535 e. The Morgan fingerprint density at radius 3 is 2.07 bits per heavy atom. The Hall–Kier alpha value is 2.13. The van der Waals surface area contributed by atoms with Gasteiger partial charge in [-0.25, -0.2) is 0 Å². The molecule has 0 rings (SSSR count). The second kappa shape index (κ2) is 13.2. The van der Waals surface area contributed by atoms with E-state index in [0.717, 1.165) is 6.42 Å². The van der Waals surface area contributed by atoms with E-state index in [4.69, 9.17) is 4.74 Å². The fraction of sp³-hybridized carbons (Fsp3) is 0.800. The molecule has 0 bridgehead atoms. The molecule has 80 valence electrons. The van der Waals surface area contributed by atoms with Crippen molar-refractivity contribution in [3.05, 3.63) is 13.7 Å². The second-order valence-electron chi connectivity index (χ2n) is 3.80. The summed E-state index contributed by atoms with van der Waals surface area (Å²) in [5.74, 6) is 0.674. The van der Waals surface area contributed by atoms with Gasteiger partial charge in [-0.1, -0.05) is 20.3 Å². The molecular formula is C10H21NOY2-2. The molecule has 0 fully saturated rings. The van der Waals surface area contributed by atoms with Crippen molar-refractivity contribution in [3.8, 4) is 0 Å². The van der Waals surface area contributed by atoms with E-state index in [1.54, 1.807) is 6.73 Å². The van der Waals surface area contributed by atoms with Crippen LogP contribution < -0.4 is 5.32 Å². The van der Waals surface area contributed by atoms with Gasteiger partial charge in [0, 0.05) is 71.5 Å². The average molecular weight is 349 g/mol. The van der Waals surface area contributed by atoms with Crippen molar-refractivity contribution in [2.75, 3.05) is 0 Å². The quantitative estimate of drug-likeness (QED) is 0.744. The van der Waals surface area contributed by atoms with Gasteiger partial charge in [-0.2, -0.15) is 6.73 Å². The van der Waals surface area contributed by atoms with Crippen LogP contribution in [0.4, 0.5) is 0 Å². The molecule has 14 heavy (non-hydrogen) atoms. The van der Waals surface area contributed by atoms with E-state index < -0.39 is 0 Å². The normalized spacial score (nSPS) is 12.2. The van der Waals surface area contributed by atoms with Crippen LogP contribution in [-0.4, -0.2) is 12.1 Å². The molecule has 1 N–H and O–H groups in total. The van der Waals surface area contributed by atoms with E-state index in [1.165, 1.54) is 0 Å². The number of hydrogen-bond acceptors (Lipinski definition) is 2. The van der Waals surface area contributed by atoms with Gasteiger partial charge in [0.2, 0.25) is 0 Å². The van der Waals surface area contributed by atoms with Crippen LogP contribution in [0.15, 0.2) is 0 Å². The van der Waals surface area contributed by atoms with Gasteiger partial charge >= 0.3 is 0 Å². The average Bonchev–Trinajstić information content (AvgIpc) is 1.84. The first-order chi connectivity index (χ1) is 5.52. The fourth-order valence-corrected chi connectivity index (χ4v) is 0.909. The maximum absolute atomic E-state index is 5.22. The molecule has 1 atom stereocenters. The fourth-order valence-electron chi connectivity index (χ4n) is 0.909. The van der Waals surface area contributed by atoms with E-state index in [2.05, 4.69) is 26.1 Å². The molecule has 0 aromatic heterocycles. The molecule has 0 aliphatic rings. The van der Waals surface area contributed by atoms with Crippen LogP contribution in [-0.2, 0) is 70.2 Å². The Morgan fingerprint density at radius 2 is 1.71 bits per heavy atom. The van der Waals surface area contributed by atoms with Crippen LogP contribution in [0.3, 0.4) is 0 Å². The van der Waals surface area contributed by atoms with Crippen molar-refractivity contribution in [3.63, 3.8) is 0 Å². The third-order valence-corrected chi connectivity index (χ3v) is 1.40. The second-order valence-corrected chi connectivity index (χ2v) is 3.80. The van der Waals surface area contributed by atoms with E-state index in [-0.39, 0.29) is 77.6 Å². The van der Waals surface area contributed by atoms with E-state index >= 15 is 0 Å². The Labute approximate surface area is 139 Å². The molecule has 1 unspecified atom stereocenters. The van der Waals surface area contributed by atoms with Crippen LogP contribution >= 0.6 is 0 Å². The van der Waals surface area contributed by atoms with Gasteiger partial charge in [-0.15, -0.1) is 6.04 Å². The molecule has 0 aromatic carbocycles. The Balaban J connectivity index is -0.000000605. The summed E-state index contributed by atoms with van der Waals surface area (Å²) >= 11 is 0. The van der Waals surface area contributed by atoms with Gasteiger partial charge in [0.05, 0.1) is 0 Å². The molecule has 0 heterocycles. The topological polar surface area (TPSA) is 21.3 Å². The largest absolute Gasteiger partial charge is 0.535 e. The minimum absolute atomic E-state index is 0. The molecule has 0 amide bonds. The molecular weight excluding hydrogens is 328 g/mol. The van der Waals surface area contributed by atoms with Gasteiger partial charge in [-0.05, 0) is 19.8 Å². The Kier molecular flexibility index (Phi) is 20.2. The minimum atomic E-state index is 0. The Bertz CT molecular complexity index is 110. The van der Waals surface area contributed by atoms with Crippen LogP contribution in [0.1, 0.15) is 34.1 Å². The monoisotopic (exact) mass is 349 g/mol. The van der Waals surface area contributed by atoms with Gasteiger partial charge in [0.1, 0.15) is 0 Å². The van der Waals surface area contributed by atoms with Crippen molar-refractivity contribution in [1.82, 2.24) is 5.32 Å². The predicted octanol–water partition coefficient (Wildman–Crippen LogP) is 2.36. The first-order valence-electron chi connectivity index (χ1n) is 4.58. The maximum Gasteiger partial charge on any atom is 0.0182 e. The summed E-state index contributed by atoms with van der Waals surface area (Å²) in [4.78, 5) is 0. The van der Waals surface area contributed by atoms with Gasteiger partial charge in [-0.3, -0.25) is 0 Å².